The zero-order valence-electron chi connectivity index (χ0n) is 10.8. The topological polar surface area (TPSA) is 15.3 Å². The van der Waals surface area contributed by atoms with Crippen molar-refractivity contribution in [3.8, 4) is 0 Å². The van der Waals surface area contributed by atoms with Gasteiger partial charge in [-0.2, -0.15) is 0 Å². The number of hydrogen-bond acceptors (Lipinski definition) is 3. The Bertz CT molecular complexity index is 279. The lowest BCUT2D eigenvalue weighted by Gasteiger charge is -2.17. The van der Waals surface area contributed by atoms with Crippen LogP contribution in [-0.4, -0.2) is 31.1 Å². The molecule has 16 heavy (non-hydrogen) atoms. The van der Waals surface area contributed by atoms with Crippen LogP contribution in [0.25, 0.3) is 0 Å². The van der Waals surface area contributed by atoms with Gasteiger partial charge < -0.3 is 10.2 Å². The van der Waals surface area contributed by atoms with Gasteiger partial charge in [0, 0.05) is 29.4 Å². The standard InChI is InChI=1S/C13H24N2S/c1-4-12-7-8-13(16-12)11-14-9-10-15(5-2)6-3/h7-8,14H,4-6,9-11H2,1-3H3. The third-order valence-electron chi connectivity index (χ3n) is 2.86. The van der Waals surface area contributed by atoms with E-state index in [4.69, 9.17) is 0 Å². The van der Waals surface area contributed by atoms with Crippen molar-refractivity contribution >= 4 is 11.3 Å². The lowest BCUT2D eigenvalue weighted by molar-refractivity contribution is 0.302. The molecular formula is C13H24N2S. The SMILES string of the molecule is CCc1ccc(CNCCN(CC)CC)s1. The van der Waals surface area contributed by atoms with Gasteiger partial charge in [-0.1, -0.05) is 20.8 Å². The first-order valence-electron chi connectivity index (χ1n) is 6.30. The van der Waals surface area contributed by atoms with Crippen molar-refractivity contribution in [2.45, 2.75) is 33.7 Å². The van der Waals surface area contributed by atoms with E-state index >= 15 is 0 Å². The molecule has 0 aliphatic rings. The predicted octanol–water partition coefficient (Wildman–Crippen LogP) is 2.74. The smallest absolute Gasteiger partial charge is 0.0300 e. The zero-order valence-corrected chi connectivity index (χ0v) is 11.6. The lowest BCUT2D eigenvalue weighted by Crippen LogP contribution is -2.31. The molecule has 1 N–H and O–H groups in total. The molecule has 0 aliphatic carbocycles. The minimum atomic E-state index is 1.02. The predicted molar refractivity (Wildman–Crippen MR) is 73.2 cm³/mol. The van der Waals surface area contributed by atoms with Gasteiger partial charge in [0.05, 0.1) is 0 Å². The van der Waals surface area contributed by atoms with Crippen LogP contribution in [0.1, 0.15) is 30.5 Å². The van der Waals surface area contributed by atoms with Gasteiger partial charge in [0.15, 0.2) is 0 Å². The van der Waals surface area contributed by atoms with Gasteiger partial charge in [0.1, 0.15) is 0 Å². The second kappa shape index (κ2) is 7.82. The highest BCUT2D eigenvalue weighted by molar-refractivity contribution is 7.11. The van der Waals surface area contributed by atoms with Crippen LogP contribution in [0.4, 0.5) is 0 Å². The summed E-state index contributed by atoms with van der Waals surface area (Å²) < 4.78 is 0. The molecule has 0 aliphatic heterocycles. The molecule has 0 aromatic carbocycles. The summed E-state index contributed by atoms with van der Waals surface area (Å²) in [6, 6.07) is 4.49. The molecule has 1 heterocycles. The highest BCUT2D eigenvalue weighted by Gasteiger charge is 2.00. The number of rotatable bonds is 8. The summed E-state index contributed by atoms with van der Waals surface area (Å²) in [5, 5.41) is 3.51. The fourth-order valence-electron chi connectivity index (χ4n) is 1.70. The number of likely N-dealkylation sites (N-methyl/N-ethyl adjacent to an activating group) is 1. The number of hydrogen-bond donors (Lipinski definition) is 1. The fourth-order valence-corrected chi connectivity index (χ4v) is 2.62. The van der Waals surface area contributed by atoms with E-state index in [1.807, 2.05) is 11.3 Å². The average Bonchev–Trinajstić information content (AvgIpc) is 2.77. The molecular weight excluding hydrogens is 216 g/mol. The largest absolute Gasteiger partial charge is 0.311 e. The summed E-state index contributed by atoms with van der Waals surface area (Å²) in [7, 11) is 0. The molecule has 0 bridgehead atoms. The molecule has 1 aromatic heterocycles. The number of thiophene rings is 1. The van der Waals surface area contributed by atoms with E-state index in [1.165, 1.54) is 9.75 Å². The van der Waals surface area contributed by atoms with Crippen LogP contribution in [0.5, 0.6) is 0 Å². The summed E-state index contributed by atoms with van der Waals surface area (Å²) in [5.41, 5.74) is 0. The van der Waals surface area contributed by atoms with E-state index in [1.54, 1.807) is 0 Å². The molecule has 0 saturated carbocycles. The number of nitrogens with one attached hydrogen (secondary N) is 1. The number of aryl methyl sites for hydroxylation is 1. The van der Waals surface area contributed by atoms with Crippen LogP contribution in [0.2, 0.25) is 0 Å². The molecule has 0 amide bonds. The Labute approximate surface area is 104 Å². The fraction of sp³-hybridized carbons (Fsp3) is 0.692. The van der Waals surface area contributed by atoms with Crippen molar-refractivity contribution in [3.63, 3.8) is 0 Å². The first-order chi connectivity index (χ1) is 7.80. The summed E-state index contributed by atoms with van der Waals surface area (Å²) in [5.74, 6) is 0. The Morgan fingerprint density at radius 2 is 1.81 bits per heavy atom. The van der Waals surface area contributed by atoms with Crippen LogP contribution in [0, 0.1) is 0 Å². The van der Waals surface area contributed by atoms with Crippen LogP contribution in [0.15, 0.2) is 12.1 Å². The average molecular weight is 240 g/mol. The first kappa shape index (κ1) is 13.7. The van der Waals surface area contributed by atoms with Gasteiger partial charge in [0.2, 0.25) is 0 Å². The van der Waals surface area contributed by atoms with Gasteiger partial charge in [-0.15, -0.1) is 11.3 Å². The second-order valence-corrected chi connectivity index (χ2v) is 5.18. The summed E-state index contributed by atoms with van der Waals surface area (Å²) in [6.45, 7) is 12.2. The quantitative estimate of drug-likeness (QED) is 0.703. The van der Waals surface area contributed by atoms with E-state index in [-0.39, 0.29) is 0 Å². The molecule has 1 aromatic rings. The van der Waals surface area contributed by atoms with E-state index in [9.17, 15) is 0 Å². The molecule has 0 fully saturated rings. The second-order valence-electron chi connectivity index (χ2n) is 3.93. The van der Waals surface area contributed by atoms with E-state index in [0.717, 1.165) is 39.1 Å². The third-order valence-corrected chi connectivity index (χ3v) is 4.09. The summed E-state index contributed by atoms with van der Waals surface area (Å²) in [4.78, 5) is 5.38. The Balaban J connectivity index is 2.15. The maximum absolute atomic E-state index is 3.51. The maximum Gasteiger partial charge on any atom is 0.0300 e. The molecule has 0 spiro atoms. The Morgan fingerprint density at radius 3 is 2.38 bits per heavy atom. The van der Waals surface area contributed by atoms with Gasteiger partial charge in [-0.05, 0) is 31.6 Å². The van der Waals surface area contributed by atoms with Crippen LogP contribution in [-0.2, 0) is 13.0 Å². The lowest BCUT2D eigenvalue weighted by atomic mass is 10.3. The van der Waals surface area contributed by atoms with Gasteiger partial charge in [-0.3, -0.25) is 0 Å². The maximum atomic E-state index is 3.51. The van der Waals surface area contributed by atoms with Crippen molar-refractivity contribution in [2.24, 2.45) is 0 Å². The Kier molecular flexibility index (Phi) is 6.69. The summed E-state index contributed by atoms with van der Waals surface area (Å²) in [6.07, 6.45) is 1.16. The first-order valence-corrected chi connectivity index (χ1v) is 7.12. The zero-order chi connectivity index (χ0) is 11.8. The molecule has 2 nitrogen and oxygen atoms in total. The van der Waals surface area contributed by atoms with E-state index in [2.05, 4.69) is 43.1 Å². The van der Waals surface area contributed by atoms with Crippen molar-refractivity contribution in [3.05, 3.63) is 21.9 Å². The van der Waals surface area contributed by atoms with E-state index < -0.39 is 0 Å². The van der Waals surface area contributed by atoms with Crippen molar-refractivity contribution in [1.82, 2.24) is 10.2 Å². The monoisotopic (exact) mass is 240 g/mol. The number of nitrogens with zero attached hydrogens (tertiary/aromatic N) is 1. The minimum absolute atomic E-state index is 1.02. The van der Waals surface area contributed by atoms with Crippen LogP contribution < -0.4 is 5.32 Å². The molecule has 92 valence electrons. The molecule has 1 rings (SSSR count). The Hall–Kier alpha value is -0.380. The summed E-state index contributed by atoms with van der Waals surface area (Å²) >= 11 is 1.93. The van der Waals surface area contributed by atoms with Gasteiger partial charge >= 0.3 is 0 Å². The molecule has 3 heteroatoms. The molecule has 0 radical (unpaired) electrons. The highest BCUT2D eigenvalue weighted by Crippen LogP contribution is 2.16. The van der Waals surface area contributed by atoms with E-state index in [0.29, 0.717) is 0 Å². The highest BCUT2D eigenvalue weighted by atomic mass is 32.1. The minimum Gasteiger partial charge on any atom is -0.311 e. The van der Waals surface area contributed by atoms with Gasteiger partial charge in [0.25, 0.3) is 0 Å². The Morgan fingerprint density at radius 1 is 1.12 bits per heavy atom. The van der Waals surface area contributed by atoms with Crippen LogP contribution >= 0.6 is 11.3 Å². The van der Waals surface area contributed by atoms with Crippen molar-refractivity contribution in [1.29, 1.82) is 0 Å². The van der Waals surface area contributed by atoms with Crippen molar-refractivity contribution < 1.29 is 0 Å². The van der Waals surface area contributed by atoms with Crippen LogP contribution in [0.3, 0.4) is 0 Å². The normalized spacial score (nSPS) is 11.2. The molecule has 0 atom stereocenters. The molecule has 0 unspecified atom stereocenters. The van der Waals surface area contributed by atoms with Gasteiger partial charge in [-0.25, -0.2) is 0 Å². The van der Waals surface area contributed by atoms with Crippen molar-refractivity contribution in [2.75, 3.05) is 26.2 Å². The third kappa shape index (κ3) is 4.64. The molecule has 0 saturated heterocycles.